The van der Waals surface area contributed by atoms with E-state index in [0.717, 1.165) is 24.3 Å². The van der Waals surface area contributed by atoms with Gasteiger partial charge >= 0.3 is 5.97 Å². The first-order valence-electron chi connectivity index (χ1n) is 6.62. The average molecular weight is 335 g/mol. The Kier molecular flexibility index (Phi) is 6.72. The molecule has 0 atom stereocenters. The summed E-state index contributed by atoms with van der Waals surface area (Å²) in [5.41, 5.74) is 0.794. The zero-order valence-electron chi connectivity index (χ0n) is 12.4. The number of unbranched alkanes of at least 4 members (excludes halogenated alkanes) is 1. The molecular formula is C12H21N3O4S2. The highest BCUT2D eigenvalue weighted by molar-refractivity contribution is 7.91. The molecule has 0 aliphatic rings. The Hall–Kier alpha value is -1.03. The number of hydrogen-bond donors (Lipinski definition) is 2. The monoisotopic (exact) mass is 335 g/mol. The molecule has 120 valence electrons. The molecule has 0 aliphatic heterocycles. The highest BCUT2D eigenvalue weighted by atomic mass is 32.2. The van der Waals surface area contributed by atoms with Gasteiger partial charge in [-0.2, -0.15) is 0 Å². The first-order chi connectivity index (χ1) is 9.75. The highest BCUT2D eigenvalue weighted by Gasteiger charge is 2.25. The van der Waals surface area contributed by atoms with E-state index in [9.17, 15) is 13.2 Å². The van der Waals surface area contributed by atoms with E-state index < -0.39 is 21.7 Å². The number of nitrogens with zero attached hydrogens (tertiary/aromatic N) is 2. The van der Waals surface area contributed by atoms with Gasteiger partial charge in [-0.3, -0.25) is 0 Å². The second-order valence-corrected chi connectivity index (χ2v) is 7.79. The molecular weight excluding hydrogens is 314 g/mol. The number of nitrogens with one attached hydrogen (secondary N) is 1. The largest absolute Gasteiger partial charge is 0.476 e. The lowest BCUT2D eigenvalue weighted by Crippen LogP contribution is -2.29. The topological polar surface area (TPSA) is 99.6 Å². The number of rotatable bonds is 9. The van der Waals surface area contributed by atoms with Crippen LogP contribution in [0.1, 0.15) is 37.2 Å². The van der Waals surface area contributed by atoms with Crippen LogP contribution in [-0.2, 0) is 10.0 Å². The van der Waals surface area contributed by atoms with Crippen LogP contribution >= 0.6 is 11.3 Å². The number of hydrogen-bond acceptors (Lipinski definition) is 6. The summed E-state index contributed by atoms with van der Waals surface area (Å²) in [5.74, 6) is -1.34. The van der Waals surface area contributed by atoms with Crippen molar-refractivity contribution in [2.45, 2.75) is 36.9 Å². The molecule has 0 amide bonds. The Morgan fingerprint density at radius 3 is 2.71 bits per heavy atom. The summed E-state index contributed by atoms with van der Waals surface area (Å²) in [7, 11) is -1.78. The lowest BCUT2D eigenvalue weighted by Gasteiger charge is -2.20. The smallest absolute Gasteiger partial charge is 0.356 e. The van der Waals surface area contributed by atoms with Gasteiger partial charge in [0.25, 0.3) is 10.0 Å². The minimum Gasteiger partial charge on any atom is -0.476 e. The number of carboxylic acids is 1. The molecule has 0 radical (unpaired) electrons. The first-order valence-corrected chi connectivity index (χ1v) is 8.98. The predicted molar refractivity (Wildman–Crippen MR) is 81.3 cm³/mol. The summed E-state index contributed by atoms with van der Waals surface area (Å²) >= 11 is 0.807. The van der Waals surface area contributed by atoms with Gasteiger partial charge in [-0.15, -0.1) is 11.3 Å². The fourth-order valence-electron chi connectivity index (χ4n) is 1.59. The maximum absolute atomic E-state index is 12.0. The minimum absolute atomic E-state index is 0.241. The van der Waals surface area contributed by atoms with Crippen LogP contribution < -0.4 is 4.72 Å². The quantitative estimate of drug-likeness (QED) is 0.659. The van der Waals surface area contributed by atoms with Crippen molar-refractivity contribution in [3.8, 4) is 0 Å². The second-order valence-electron chi connectivity index (χ2n) is 4.97. The molecule has 0 unspecified atom stereocenters. The molecule has 0 aliphatic carbocycles. The molecule has 9 heteroatoms. The van der Waals surface area contributed by atoms with Crippen molar-refractivity contribution < 1.29 is 18.3 Å². The molecule has 0 saturated heterocycles. The molecule has 0 saturated carbocycles. The van der Waals surface area contributed by atoms with Crippen LogP contribution in [0.5, 0.6) is 0 Å². The summed E-state index contributed by atoms with van der Waals surface area (Å²) in [6.07, 6.45) is 1.56. The van der Waals surface area contributed by atoms with E-state index in [1.165, 1.54) is 5.51 Å². The van der Waals surface area contributed by atoms with Gasteiger partial charge in [-0.05, 0) is 40.3 Å². The number of carbonyl (C=O) groups is 1. The number of carboxylic acid groups (broad SMARTS) is 1. The van der Waals surface area contributed by atoms with Crippen molar-refractivity contribution in [1.82, 2.24) is 14.6 Å². The van der Waals surface area contributed by atoms with Gasteiger partial charge in [0.05, 0.1) is 5.51 Å². The molecule has 1 rings (SSSR count). The van der Waals surface area contributed by atoms with Gasteiger partial charge in [0.1, 0.15) is 0 Å². The summed E-state index contributed by atoms with van der Waals surface area (Å²) in [6.45, 7) is 5.37. The Bertz CT molecular complexity index is 569. The highest BCUT2D eigenvalue weighted by Crippen LogP contribution is 2.19. The molecule has 0 bridgehead atoms. The van der Waals surface area contributed by atoms with Crippen molar-refractivity contribution in [3.05, 3.63) is 11.2 Å². The molecule has 0 fully saturated rings. The number of aromatic nitrogens is 1. The fourth-order valence-corrected chi connectivity index (χ4v) is 3.84. The third-order valence-electron chi connectivity index (χ3n) is 3.09. The lowest BCUT2D eigenvalue weighted by molar-refractivity contribution is 0.0687. The van der Waals surface area contributed by atoms with Crippen LogP contribution in [0.4, 0.5) is 0 Å². The average Bonchev–Trinajstić information content (AvgIpc) is 2.87. The van der Waals surface area contributed by atoms with Crippen LogP contribution in [0.2, 0.25) is 0 Å². The Balaban J connectivity index is 2.47. The molecule has 1 aromatic heterocycles. The van der Waals surface area contributed by atoms with Crippen LogP contribution in [0.25, 0.3) is 0 Å². The van der Waals surface area contributed by atoms with E-state index in [2.05, 4.69) is 28.5 Å². The van der Waals surface area contributed by atoms with Crippen molar-refractivity contribution in [2.24, 2.45) is 0 Å². The van der Waals surface area contributed by atoms with Crippen LogP contribution in [0.3, 0.4) is 0 Å². The van der Waals surface area contributed by atoms with E-state index in [1.807, 2.05) is 7.05 Å². The standard InChI is InChI=1S/C12H21N3O4S2/c1-9(2)15(3)7-5-4-6-14-21(18,19)12-10(11(16)17)13-8-20-12/h8-9,14H,4-7H2,1-3H3,(H,16,17). The molecule has 1 aromatic rings. The summed E-state index contributed by atoms with van der Waals surface area (Å²) in [6, 6.07) is 0.456. The number of thiazole rings is 1. The maximum Gasteiger partial charge on any atom is 0.356 e. The SMILES string of the molecule is CC(C)N(C)CCCCNS(=O)(=O)c1scnc1C(=O)O. The van der Waals surface area contributed by atoms with Crippen LogP contribution in [-0.4, -0.2) is 55.6 Å². The van der Waals surface area contributed by atoms with E-state index in [0.29, 0.717) is 12.5 Å². The molecule has 1 heterocycles. The van der Waals surface area contributed by atoms with Crippen molar-refractivity contribution in [1.29, 1.82) is 0 Å². The van der Waals surface area contributed by atoms with Gasteiger partial charge in [-0.25, -0.2) is 22.9 Å². The predicted octanol–water partition coefficient (Wildman–Crippen LogP) is 1.24. The third kappa shape index (κ3) is 5.34. The lowest BCUT2D eigenvalue weighted by atomic mass is 10.2. The third-order valence-corrected chi connectivity index (χ3v) is 5.92. The molecule has 2 N–H and O–H groups in total. The van der Waals surface area contributed by atoms with Crippen LogP contribution in [0.15, 0.2) is 9.72 Å². The van der Waals surface area contributed by atoms with Gasteiger partial charge in [0.15, 0.2) is 9.90 Å². The summed E-state index contributed by atoms with van der Waals surface area (Å²) in [4.78, 5) is 16.6. The molecule has 7 nitrogen and oxygen atoms in total. The number of sulfonamides is 1. The summed E-state index contributed by atoms with van der Waals surface area (Å²) < 4.78 is 26.2. The Morgan fingerprint density at radius 2 is 2.14 bits per heavy atom. The van der Waals surface area contributed by atoms with Crippen molar-refractivity contribution >= 4 is 27.3 Å². The van der Waals surface area contributed by atoms with Crippen LogP contribution in [0, 0.1) is 0 Å². The minimum atomic E-state index is -3.80. The van der Waals surface area contributed by atoms with Gasteiger partial charge in [0, 0.05) is 12.6 Å². The molecule has 0 spiro atoms. The molecule has 0 aromatic carbocycles. The van der Waals surface area contributed by atoms with Gasteiger partial charge in [-0.1, -0.05) is 0 Å². The zero-order valence-corrected chi connectivity index (χ0v) is 14.0. The van der Waals surface area contributed by atoms with E-state index in [4.69, 9.17) is 5.11 Å². The van der Waals surface area contributed by atoms with Gasteiger partial charge in [0.2, 0.25) is 0 Å². The first kappa shape index (κ1) is 18.0. The zero-order chi connectivity index (χ0) is 16.0. The normalized spacial score (nSPS) is 12.2. The van der Waals surface area contributed by atoms with E-state index >= 15 is 0 Å². The summed E-state index contributed by atoms with van der Waals surface area (Å²) in [5, 5.41) is 8.89. The maximum atomic E-state index is 12.0. The second kappa shape index (κ2) is 7.83. The van der Waals surface area contributed by atoms with Crippen molar-refractivity contribution in [2.75, 3.05) is 20.1 Å². The fraction of sp³-hybridized carbons (Fsp3) is 0.667. The molecule has 21 heavy (non-hydrogen) atoms. The van der Waals surface area contributed by atoms with E-state index in [-0.39, 0.29) is 10.8 Å². The van der Waals surface area contributed by atoms with Gasteiger partial charge < -0.3 is 10.0 Å². The Labute approximate surface area is 129 Å². The Morgan fingerprint density at radius 1 is 1.48 bits per heavy atom. The number of aromatic carboxylic acids is 1. The van der Waals surface area contributed by atoms with E-state index in [1.54, 1.807) is 0 Å². The van der Waals surface area contributed by atoms with Crippen molar-refractivity contribution in [3.63, 3.8) is 0 Å².